The van der Waals surface area contributed by atoms with Crippen LogP contribution in [0.2, 0.25) is 0 Å². The molecule has 0 fully saturated rings. The first kappa shape index (κ1) is 37.8. The predicted molar refractivity (Wildman–Crippen MR) is 142 cm³/mol. The number of hydrogen-bond acceptors (Lipinski definition) is 4. The topological polar surface area (TPSA) is 80.3 Å². The molecule has 0 saturated heterocycles. The maximum absolute atomic E-state index is 10.2. The van der Waals surface area contributed by atoms with Gasteiger partial charge in [-0.2, -0.15) is 0 Å². The molecule has 0 aromatic heterocycles. The van der Waals surface area contributed by atoms with E-state index in [0.29, 0.717) is 0 Å². The Balaban J connectivity index is -0.000000598. The second-order valence-corrected chi connectivity index (χ2v) is 9.39. The largest absolute Gasteiger partial charge is 3.00 e. The zero-order chi connectivity index (χ0) is 24.8. The fraction of sp³-hybridized carbons (Fsp3) is 0.862. The Bertz CT molecular complexity index is 426. The van der Waals surface area contributed by atoms with Crippen molar-refractivity contribution in [1.82, 2.24) is 0 Å². The zero-order valence-electron chi connectivity index (χ0n) is 22.5. The second kappa shape index (κ2) is 34.4. The summed E-state index contributed by atoms with van der Waals surface area (Å²) in [5.41, 5.74) is 0. The average molecular weight is 494 g/mol. The summed E-state index contributed by atoms with van der Waals surface area (Å²) < 4.78 is 0. The van der Waals surface area contributed by atoms with Gasteiger partial charge in [0.2, 0.25) is 0 Å². The van der Waals surface area contributed by atoms with Gasteiger partial charge in [-0.3, -0.25) is 0 Å². The maximum Gasteiger partial charge on any atom is 3.00 e. The van der Waals surface area contributed by atoms with E-state index < -0.39 is 11.9 Å². The summed E-state index contributed by atoms with van der Waals surface area (Å²) in [5, 5.41) is 20.3. The van der Waals surface area contributed by atoms with E-state index in [1.165, 1.54) is 103 Å². The van der Waals surface area contributed by atoms with E-state index in [1.807, 2.05) is 6.08 Å². The number of hydrogen-bond donors (Lipinski definition) is 0. The van der Waals surface area contributed by atoms with Gasteiger partial charge < -0.3 is 19.8 Å². The number of carbonyl (C=O) groups excluding carboxylic acids is 2. The van der Waals surface area contributed by atoms with Crippen LogP contribution in [-0.2, 0) is 9.59 Å². The normalized spacial score (nSPS) is 10.1. The molecule has 0 N–H and O–H groups in total. The van der Waals surface area contributed by atoms with Crippen molar-refractivity contribution < 1.29 is 19.8 Å². The van der Waals surface area contributed by atoms with Crippen LogP contribution in [0.3, 0.4) is 0 Å². The van der Waals surface area contributed by atoms with Crippen LogP contribution in [0.25, 0.3) is 0 Å². The fourth-order valence-corrected chi connectivity index (χ4v) is 3.91. The van der Waals surface area contributed by atoms with E-state index in [-0.39, 0.29) is 30.2 Å². The molecule has 4 nitrogen and oxygen atoms in total. The Morgan fingerprint density at radius 2 is 0.794 bits per heavy atom. The van der Waals surface area contributed by atoms with Crippen molar-refractivity contribution >= 4 is 29.3 Å². The van der Waals surface area contributed by atoms with Gasteiger partial charge in [-0.15, -0.1) is 6.58 Å². The van der Waals surface area contributed by atoms with Crippen LogP contribution < -0.4 is 10.2 Å². The third kappa shape index (κ3) is 41.5. The molecule has 0 radical (unpaired) electrons. The van der Waals surface area contributed by atoms with Crippen LogP contribution in [0.4, 0.5) is 0 Å². The van der Waals surface area contributed by atoms with Gasteiger partial charge in [0.1, 0.15) is 0 Å². The summed E-state index contributed by atoms with van der Waals surface area (Å²) in [5.74, 6) is -1.83. The van der Waals surface area contributed by atoms with Crippen molar-refractivity contribution in [2.24, 2.45) is 0 Å². The molecule has 0 rings (SSSR count). The summed E-state index contributed by atoms with van der Waals surface area (Å²) in [6, 6.07) is 0. The van der Waals surface area contributed by atoms with Gasteiger partial charge in [0, 0.05) is 11.9 Å². The predicted octanol–water partition coefficient (Wildman–Crippen LogP) is 6.66. The SMILES string of the molecule is C=CCCCCCCCCC(=O)[O-].CCCCCCCCCCCCCCCCCC(=O)[O-].[Al+3]. The van der Waals surface area contributed by atoms with E-state index >= 15 is 0 Å². The maximum atomic E-state index is 10.2. The van der Waals surface area contributed by atoms with Gasteiger partial charge >= 0.3 is 17.4 Å². The van der Waals surface area contributed by atoms with Gasteiger partial charge in [0.15, 0.2) is 0 Å². The van der Waals surface area contributed by atoms with Crippen molar-refractivity contribution in [3.05, 3.63) is 12.7 Å². The molecule has 0 heterocycles. The zero-order valence-corrected chi connectivity index (χ0v) is 23.6. The Kier molecular flexibility index (Phi) is 38.2. The fourth-order valence-electron chi connectivity index (χ4n) is 3.91. The Morgan fingerprint density at radius 1 is 0.529 bits per heavy atom. The van der Waals surface area contributed by atoms with Gasteiger partial charge in [0.05, 0.1) is 0 Å². The Hall–Kier alpha value is -0.788. The molecule has 34 heavy (non-hydrogen) atoms. The minimum absolute atomic E-state index is 0. The molecule has 5 heteroatoms. The molecule has 0 saturated carbocycles. The quantitative estimate of drug-likeness (QED) is 0.0809. The monoisotopic (exact) mass is 493 g/mol. The number of allylic oxidation sites excluding steroid dienone is 1. The Morgan fingerprint density at radius 3 is 1.06 bits per heavy atom. The second-order valence-electron chi connectivity index (χ2n) is 9.39. The van der Waals surface area contributed by atoms with Crippen molar-refractivity contribution in [3.63, 3.8) is 0 Å². The third-order valence-electron chi connectivity index (χ3n) is 6.02. The van der Waals surface area contributed by atoms with Crippen LogP contribution in [0.5, 0.6) is 0 Å². The van der Waals surface area contributed by atoms with Crippen LogP contribution >= 0.6 is 0 Å². The molecule has 0 spiro atoms. The van der Waals surface area contributed by atoms with Crippen LogP contribution in [0.1, 0.15) is 161 Å². The summed E-state index contributed by atoms with van der Waals surface area (Å²) >= 11 is 0. The van der Waals surface area contributed by atoms with Gasteiger partial charge in [-0.1, -0.05) is 129 Å². The van der Waals surface area contributed by atoms with E-state index in [2.05, 4.69) is 13.5 Å². The standard InChI is InChI=1S/C18H36O2.C11H20O2.Al/c1-2-3-4-5-6-7-8-9-10-11-12-13-14-15-16-17-18(19)20;1-2-3-4-5-6-7-8-9-10-11(12)13;/h2-17H2,1H3,(H,19,20);2H,1,3-10H2,(H,12,13);/q;;+3/p-2. The molecule has 0 aliphatic heterocycles. The molecule has 196 valence electrons. The van der Waals surface area contributed by atoms with Crippen LogP contribution in [0.15, 0.2) is 12.7 Å². The molecular formula is C29H54AlO4+. The minimum Gasteiger partial charge on any atom is -0.550 e. The summed E-state index contributed by atoms with van der Waals surface area (Å²) in [6.45, 7) is 5.92. The molecular weight excluding hydrogens is 439 g/mol. The van der Waals surface area contributed by atoms with E-state index in [0.717, 1.165) is 38.5 Å². The first-order valence-corrected chi connectivity index (χ1v) is 14.0. The van der Waals surface area contributed by atoms with Crippen LogP contribution in [-0.4, -0.2) is 29.3 Å². The first-order chi connectivity index (χ1) is 16.0. The molecule has 0 atom stereocenters. The molecule has 0 aromatic carbocycles. The molecule has 0 amide bonds. The van der Waals surface area contributed by atoms with Crippen molar-refractivity contribution in [2.45, 2.75) is 161 Å². The number of carboxylic acid groups (broad SMARTS) is 2. The Labute approximate surface area is 222 Å². The van der Waals surface area contributed by atoms with Crippen molar-refractivity contribution in [3.8, 4) is 0 Å². The minimum atomic E-state index is -0.924. The summed E-state index contributed by atoms with van der Waals surface area (Å²) in [6.07, 6.45) is 29.7. The summed E-state index contributed by atoms with van der Waals surface area (Å²) in [4.78, 5) is 20.3. The number of unbranched alkanes of at least 4 members (excludes halogenated alkanes) is 20. The van der Waals surface area contributed by atoms with Gasteiger partial charge in [-0.25, -0.2) is 0 Å². The van der Waals surface area contributed by atoms with Gasteiger partial charge in [-0.05, 0) is 38.5 Å². The number of carboxylic acids is 2. The smallest absolute Gasteiger partial charge is 0.550 e. The molecule has 0 aliphatic carbocycles. The number of carbonyl (C=O) groups is 2. The number of aliphatic carboxylic acids is 2. The average Bonchev–Trinajstić information content (AvgIpc) is 2.78. The van der Waals surface area contributed by atoms with E-state index in [9.17, 15) is 19.8 Å². The van der Waals surface area contributed by atoms with Crippen molar-refractivity contribution in [2.75, 3.05) is 0 Å². The first-order valence-electron chi connectivity index (χ1n) is 14.0. The molecule has 0 bridgehead atoms. The molecule has 0 aromatic rings. The van der Waals surface area contributed by atoms with E-state index in [1.54, 1.807) is 0 Å². The molecule has 0 unspecified atom stereocenters. The number of rotatable bonds is 25. The van der Waals surface area contributed by atoms with Crippen LogP contribution in [0, 0.1) is 0 Å². The van der Waals surface area contributed by atoms with Crippen molar-refractivity contribution in [1.29, 1.82) is 0 Å². The van der Waals surface area contributed by atoms with Gasteiger partial charge in [0.25, 0.3) is 0 Å². The van der Waals surface area contributed by atoms with E-state index in [4.69, 9.17) is 0 Å². The third-order valence-corrected chi connectivity index (χ3v) is 6.02. The molecule has 0 aliphatic rings. The summed E-state index contributed by atoms with van der Waals surface area (Å²) in [7, 11) is 0.